The van der Waals surface area contributed by atoms with Crippen LogP contribution in [0.4, 0.5) is 5.69 Å². The second-order valence-corrected chi connectivity index (χ2v) is 8.86. The average Bonchev–Trinajstić information content (AvgIpc) is 2.62. The van der Waals surface area contributed by atoms with Crippen molar-refractivity contribution >= 4 is 39.9 Å². The van der Waals surface area contributed by atoms with Crippen LogP contribution in [0, 0.1) is 5.92 Å². The van der Waals surface area contributed by atoms with Gasteiger partial charge < -0.3 is 16.0 Å². The third-order valence-corrected chi connectivity index (χ3v) is 6.34. The van der Waals surface area contributed by atoms with E-state index < -0.39 is 10.0 Å². The maximum atomic E-state index is 12.6. The first kappa shape index (κ1) is 24.4. The minimum absolute atomic E-state index is 0. The zero-order chi connectivity index (χ0) is 19.9. The van der Waals surface area contributed by atoms with Crippen LogP contribution in [0.1, 0.15) is 26.2 Å². The molecule has 1 heterocycles. The van der Waals surface area contributed by atoms with Crippen molar-refractivity contribution in [1.82, 2.24) is 14.9 Å². The Morgan fingerprint density at radius 2 is 1.93 bits per heavy atom. The Labute approximate surface area is 172 Å². The molecule has 0 bridgehead atoms. The second-order valence-electron chi connectivity index (χ2n) is 6.82. The monoisotopic (exact) mass is 432 g/mol. The van der Waals surface area contributed by atoms with Gasteiger partial charge in [0.2, 0.25) is 21.8 Å². The normalized spacial score (nSPS) is 16.9. The molecule has 0 spiro atoms. The van der Waals surface area contributed by atoms with E-state index in [-0.39, 0.29) is 35.7 Å². The van der Waals surface area contributed by atoms with Crippen LogP contribution in [-0.4, -0.2) is 57.8 Å². The lowest BCUT2D eigenvalue weighted by Crippen LogP contribution is -2.39. The summed E-state index contributed by atoms with van der Waals surface area (Å²) in [5, 5.41) is 8.71. The predicted octanol–water partition coefficient (Wildman–Crippen LogP) is 1.19. The molecule has 0 aliphatic carbocycles. The first-order chi connectivity index (χ1) is 12.8. The number of halogens is 1. The van der Waals surface area contributed by atoms with Crippen molar-refractivity contribution in [3.05, 3.63) is 24.3 Å². The van der Waals surface area contributed by atoms with Gasteiger partial charge in [0.1, 0.15) is 0 Å². The topological polar surface area (TPSA) is 108 Å². The van der Waals surface area contributed by atoms with E-state index in [1.807, 2.05) is 0 Å². The number of sulfonamides is 1. The van der Waals surface area contributed by atoms with Crippen LogP contribution in [-0.2, 0) is 19.6 Å². The summed E-state index contributed by atoms with van der Waals surface area (Å²) < 4.78 is 26.2. The van der Waals surface area contributed by atoms with Crippen molar-refractivity contribution in [2.24, 2.45) is 5.92 Å². The van der Waals surface area contributed by atoms with E-state index in [1.54, 1.807) is 0 Å². The van der Waals surface area contributed by atoms with Gasteiger partial charge in [-0.3, -0.25) is 9.59 Å². The summed E-state index contributed by atoms with van der Waals surface area (Å²) >= 11 is 0. The maximum absolute atomic E-state index is 12.6. The average molecular weight is 433 g/mol. The molecule has 1 fully saturated rings. The van der Waals surface area contributed by atoms with E-state index in [1.165, 1.54) is 38.2 Å². The lowest BCUT2D eigenvalue weighted by molar-refractivity contribution is -0.121. The van der Waals surface area contributed by atoms with Crippen molar-refractivity contribution in [3.63, 3.8) is 0 Å². The molecule has 1 unspecified atom stereocenters. The largest absolute Gasteiger partial charge is 0.355 e. The van der Waals surface area contributed by atoms with Crippen molar-refractivity contribution in [1.29, 1.82) is 0 Å². The van der Waals surface area contributed by atoms with Crippen LogP contribution in [0.25, 0.3) is 0 Å². The molecule has 0 aromatic heterocycles. The molecule has 1 atom stereocenters. The number of likely N-dealkylation sites (N-methyl/N-ethyl adjacent to an activating group) is 1. The number of rotatable bonds is 8. The van der Waals surface area contributed by atoms with Crippen molar-refractivity contribution in [3.8, 4) is 0 Å². The van der Waals surface area contributed by atoms with Gasteiger partial charge in [-0.25, -0.2) is 8.42 Å². The highest BCUT2D eigenvalue weighted by Gasteiger charge is 2.23. The molecule has 0 saturated carbocycles. The smallest absolute Gasteiger partial charge is 0.243 e. The van der Waals surface area contributed by atoms with E-state index >= 15 is 0 Å². The number of nitrogens with one attached hydrogen (secondary N) is 3. The fourth-order valence-electron chi connectivity index (χ4n) is 3.02. The second kappa shape index (κ2) is 11.4. The molecule has 158 valence electrons. The highest BCUT2D eigenvalue weighted by molar-refractivity contribution is 7.89. The van der Waals surface area contributed by atoms with Gasteiger partial charge in [0, 0.05) is 26.2 Å². The molecule has 2 rings (SSSR count). The fraction of sp³-hybridized carbons (Fsp3) is 0.556. The zero-order valence-electron chi connectivity index (χ0n) is 16.2. The highest BCUT2D eigenvalue weighted by Crippen LogP contribution is 2.17. The van der Waals surface area contributed by atoms with Gasteiger partial charge in [-0.15, -0.1) is 12.4 Å². The molecule has 1 saturated heterocycles. The van der Waals surface area contributed by atoms with E-state index in [4.69, 9.17) is 0 Å². The lowest BCUT2D eigenvalue weighted by atomic mass is 9.96. The molecule has 1 aromatic rings. The van der Waals surface area contributed by atoms with Crippen LogP contribution < -0.4 is 16.0 Å². The number of piperidine rings is 1. The Balaban J connectivity index is 0.00000392. The molecule has 1 aliphatic heterocycles. The molecular formula is C18H29ClN4O4S. The van der Waals surface area contributed by atoms with Gasteiger partial charge >= 0.3 is 0 Å². The minimum Gasteiger partial charge on any atom is -0.355 e. The van der Waals surface area contributed by atoms with E-state index in [2.05, 4.69) is 16.0 Å². The van der Waals surface area contributed by atoms with Crippen LogP contribution in [0.5, 0.6) is 0 Å². The van der Waals surface area contributed by atoms with Crippen molar-refractivity contribution in [2.75, 3.05) is 38.5 Å². The maximum Gasteiger partial charge on any atom is 0.243 e. The number of hydrogen-bond acceptors (Lipinski definition) is 5. The summed E-state index contributed by atoms with van der Waals surface area (Å²) in [5.74, 6) is 0.00533. The lowest BCUT2D eigenvalue weighted by Gasteiger charge is -2.23. The third-order valence-electron chi connectivity index (χ3n) is 4.52. The number of amides is 2. The van der Waals surface area contributed by atoms with Crippen molar-refractivity contribution in [2.45, 2.75) is 31.1 Å². The summed E-state index contributed by atoms with van der Waals surface area (Å²) in [6.45, 7) is 3.71. The van der Waals surface area contributed by atoms with Gasteiger partial charge in [0.15, 0.2) is 0 Å². The van der Waals surface area contributed by atoms with Gasteiger partial charge in [-0.2, -0.15) is 4.31 Å². The van der Waals surface area contributed by atoms with E-state index in [9.17, 15) is 18.0 Å². The SMILES string of the molecule is CC(=O)Nc1ccc(S(=O)(=O)N(C)CC(=O)NCCC2CCCNC2)cc1.Cl. The van der Waals surface area contributed by atoms with Crippen LogP contribution in [0.15, 0.2) is 29.2 Å². The van der Waals surface area contributed by atoms with Gasteiger partial charge in [-0.05, 0) is 62.5 Å². The van der Waals surface area contributed by atoms with E-state index in [0.717, 1.165) is 36.7 Å². The fourth-order valence-corrected chi connectivity index (χ4v) is 4.15. The Morgan fingerprint density at radius 1 is 1.25 bits per heavy atom. The van der Waals surface area contributed by atoms with E-state index in [0.29, 0.717) is 18.2 Å². The van der Waals surface area contributed by atoms with Crippen molar-refractivity contribution < 1.29 is 18.0 Å². The molecule has 28 heavy (non-hydrogen) atoms. The number of nitrogens with zero attached hydrogens (tertiary/aromatic N) is 1. The van der Waals surface area contributed by atoms with Crippen LogP contribution in [0.3, 0.4) is 0 Å². The molecule has 1 aromatic carbocycles. The van der Waals surface area contributed by atoms with Gasteiger partial charge in [-0.1, -0.05) is 0 Å². The summed E-state index contributed by atoms with van der Waals surface area (Å²) in [6, 6.07) is 5.84. The van der Waals surface area contributed by atoms with Gasteiger partial charge in [0.05, 0.1) is 11.4 Å². The number of benzene rings is 1. The molecule has 10 heteroatoms. The summed E-state index contributed by atoms with van der Waals surface area (Å²) in [6.07, 6.45) is 3.20. The van der Waals surface area contributed by atoms with Crippen LogP contribution in [0.2, 0.25) is 0 Å². The number of carbonyl (C=O) groups excluding carboxylic acids is 2. The molecule has 3 N–H and O–H groups in total. The Bertz CT molecular complexity index is 749. The zero-order valence-corrected chi connectivity index (χ0v) is 17.9. The quantitative estimate of drug-likeness (QED) is 0.572. The number of anilines is 1. The third kappa shape index (κ3) is 7.38. The summed E-state index contributed by atoms with van der Waals surface area (Å²) in [7, 11) is -2.40. The predicted molar refractivity (Wildman–Crippen MR) is 111 cm³/mol. The minimum atomic E-state index is -3.77. The van der Waals surface area contributed by atoms with Crippen LogP contribution >= 0.6 is 12.4 Å². The molecule has 1 aliphatic rings. The number of hydrogen-bond donors (Lipinski definition) is 3. The molecule has 2 amide bonds. The Hall–Kier alpha value is -1.68. The summed E-state index contributed by atoms with van der Waals surface area (Å²) in [4.78, 5) is 23.2. The highest BCUT2D eigenvalue weighted by atomic mass is 35.5. The first-order valence-corrected chi connectivity index (χ1v) is 10.5. The summed E-state index contributed by atoms with van der Waals surface area (Å²) in [5.41, 5.74) is 0.513. The number of carbonyl (C=O) groups is 2. The molecule has 8 nitrogen and oxygen atoms in total. The Kier molecular flexibility index (Phi) is 9.88. The Morgan fingerprint density at radius 3 is 2.50 bits per heavy atom. The molecule has 0 radical (unpaired) electrons. The first-order valence-electron chi connectivity index (χ1n) is 9.10. The molecular weight excluding hydrogens is 404 g/mol. The standard InChI is InChI=1S/C18H28N4O4S.ClH/c1-14(23)21-16-5-7-17(8-6-16)27(25,26)22(2)13-18(24)20-11-9-15-4-3-10-19-12-15;/h5-8,15,19H,3-4,9-13H2,1-2H3,(H,20,24)(H,21,23);1H. The van der Waals surface area contributed by atoms with Gasteiger partial charge in [0.25, 0.3) is 0 Å².